The van der Waals surface area contributed by atoms with Crippen LogP contribution in [-0.2, 0) is 14.8 Å². The second-order valence-electron chi connectivity index (χ2n) is 7.04. The van der Waals surface area contributed by atoms with Gasteiger partial charge in [-0.25, -0.2) is 8.42 Å². The molecule has 1 aromatic carbocycles. The highest BCUT2D eigenvalue weighted by Crippen LogP contribution is 2.28. The van der Waals surface area contributed by atoms with Crippen molar-refractivity contribution in [2.45, 2.75) is 37.6 Å². The average molecular weight is 422 g/mol. The molecule has 0 aliphatic carbocycles. The highest BCUT2D eigenvalue weighted by molar-refractivity contribution is 7.89. The summed E-state index contributed by atoms with van der Waals surface area (Å²) in [4.78, 5) is 14.1. The van der Waals surface area contributed by atoms with Gasteiger partial charge in [0.15, 0.2) is 0 Å². The summed E-state index contributed by atoms with van der Waals surface area (Å²) >= 11 is 12.0. The monoisotopic (exact) mass is 421 g/mol. The summed E-state index contributed by atoms with van der Waals surface area (Å²) in [6.45, 7) is 7.80. The van der Waals surface area contributed by atoms with Gasteiger partial charge in [0.05, 0.1) is 11.6 Å². The van der Waals surface area contributed by atoms with Crippen LogP contribution in [0.15, 0.2) is 23.1 Å². The molecule has 1 fully saturated rings. The molecular weight excluding hydrogens is 397 g/mol. The van der Waals surface area contributed by atoms with E-state index < -0.39 is 10.0 Å². The normalized spacial score (nSPS) is 17.3. The molecule has 26 heavy (non-hydrogen) atoms. The first-order valence-corrected chi connectivity index (χ1v) is 10.7. The highest BCUT2D eigenvalue weighted by Gasteiger charge is 2.31. The lowest BCUT2D eigenvalue weighted by Gasteiger charge is -2.34. The van der Waals surface area contributed by atoms with Crippen LogP contribution in [0.25, 0.3) is 0 Å². The van der Waals surface area contributed by atoms with E-state index in [9.17, 15) is 13.2 Å². The van der Waals surface area contributed by atoms with E-state index in [1.165, 1.54) is 16.4 Å². The number of hydrogen-bond acceptors (Lipinski definition) is 4. The number of sulfonamides is 1. The number of carbonyl (C=O) groups is 1. The first kappa shape index (κ1) is 21.4. The fourth-order valence-corrected chi connectivity index (χ4v) is 4.81. The molecule has 0 radical (unpaired) electrons. The predicted octanol–water partition coefficient (Wildman–Crippen LogP) is 2.60. The van der Waals surface area contributed by atoms with E-state index in [4.69, 9.17) is 23.2 Å². The second-order valence-corrected chi connectivity index (χ2v) is 9.79. The number of benzene rings is 1. The van der Waals surface area contributed by atoms with Gasteiger partial charge in [0.1, 0.15) is 4.90 Å². The van der Waals surface area contributed by atoms with Gasteiger partial charge in [0, 0.05) is 36.7 Å². The largest absolute Gasteiger partial charge is 0.350 e. The number of nitrogens with one attached hydrogen (secondary N) is 1. The minimum absolute atomic E-state index is 0.0163. The molecule has 6 nitrogen and oxygen atoms in total. The number of piperazine rings is 1. The molecule has 0 spiro atoms. The van der Waals surface area contributed by atoms with Crippen molar-refractivity contribution in [1.82, 2.24) is 14.5 Å². The number of rotatable bonds is 6. The lowest BCUT2D eigenvalue weighted by atomic mass is 10.0. The quantitative estimate of drug-likeness (QED) is 0.765. The molecule has 0 atom stereocenters. The van der Waals surface area contributed by atoms with E-state index in [1.807, 2.05) is 25.7 Å². The minimum Gasteiger partial charge on any atom is -0.350 e. The number of amides is 1. The molecule has 1 aromatic rings. The summed E-state index contributed by atoms with van der Waals surface area (Å²) in [5, 5.41) is 3.46. The summed E-state index contributed by atoms with van der Waals surface area (Å²) in [5.74, 6) is -0.0500. The Bertz CT molecular complexity index is 761. The lowest BCUT2D eigenvalue weighted by molar-refractivity contribution is -0.124. The average Bonchev–Trinajstić information content (AvgIpc) is 2.57. The van der Waals surface area contributed by atoms with Crippen molar-refractivity contribution in [1.29, 1.82) is 0 Å². The Morgan fingerprint density at radius 1 is 1.19 bits per heavy atom. The third-order valence-corrected chi connectivity index (χ3v) is 7.19. The van der Waals surface area contributed by atoms with Crippen molar-refractivity contribution >= 4 is 39.1 Å². The van der Waals surface area contributed by atoms with Crippen molar-refractivity contribution < 1.29 is 13.2 Å². The lowest BCUT2D eigenvalue weighted by Crippen LogP contribution is -2.53. The maximum absolute atomic E-state index is 12.8. The SMILES string of the molecule is CCC(C)(C)NC(=O)CN1CCN(S(=O)(=O)c2cc(Cl)ccc2Cl)CC1. The zero-order valence-electron chi connectivity index (χ0n) is 15.3. The summed E-state index contributed by atoms with van der Waals surface area (Å²) < 4.78 is 27.0. The zero-order chi connectivity index (χ0) is 19.5. The summed E-state index contributed by atoms with van der Waals surface area (Å²) in [7, 11) is -3.71. The van der Waals surface area contributed by atoms with Crippen LogP contribution in [0.5, 0.6) is 0 Å². The molecule has 1 heterocycles. The second kappa shape index (κ2) is 8.44. The summed E-state index contributed by atoms with van der Waals surface area (Å²) in [5.41, 5.74) is -0.244. The van der Waals surface area contributed by atoms with E-state index in [0.29, 0.717) is 31.2 Å². The van der Waals surface area contributed by atoms with Gasteiger partial charge in [-0.15, -0.1) is 0 Å². The van der Waals surface area contributed by atoms with Crippen LogP contribution in [0.1, 0.15) is 27.2 Å². The first-order valence-electron chi connectivity index (χ1n) is 8.54. The fraction of sp³-hybridized carbons (Fsp3) is 0.588. The van der Waals surface area contributed by atoms with E-state index in [0.717, 1.165) is 6.42 Å². The Labute approximate surface area is 165 Å². The molecule has 9 heteroatoms. The van der Waals surface area contributed by atoms with Gasteiger partial charge in [-0.05, 0) is 38.5 Å². The molecule has 1 amide bonds. The van der Waals surface area contributed by atoms with Crippen LogP contribution < -0.4 is 5.32 Å². The minimum atomic E-state index is -3.71. The van der Waals surface area contributed by atoms with E-state index in [2.05, 4.69) is 5.32 Å². The maximum atomic E-state index is 12.8. The molecule has 0 unspecified atom stereocenters. The Morgan fingerprint density at radius 3 is 2.38 bits per heavy atom. The molecule has 1 saturated heterocycles. The standard InChI is InChI=1S/C17H25Cl2N3O3S/c1-4-17(2,3)20-16(23)12-21-7-9-22(10-8-21)26(24,25)15-11-13(18)5-6-14(15)19/h5-6,11H,4,7-10,12H2,1-3H3,(H,20,23). The molecule has 2 rings (SSSR count). The third kappa shape index (κ3) is 5.33. The molecule has 0 aromatic heterocycles. The number of halogens is 2. The number of nitrogens with zero attached hydrogens (tertiary/aromatic N) is 2. The predicted molar refractivity (Wildman–Crippen MR) is 104 cm³/mol. The van der Waals surface area contributed by atoms with Crippen LogP contribution in [-0.4, -0.2) is 61.8 Å². The van der Waals surface area contributed by atoms with E-state index in [1.54, 1.807) is 6.07 Å². The van der Waals surface area contributed by atoms with Crippen LogP contribution in [0.4, 0.5) is 0 Å². The molecule has 0 bridgehead atoms. The Hall–Kier alpha value is -0.860. The van der Waals surface area contributed by atoms with Gasteiger partial charge >= 0.3 is 0 Å². The molecule has 1 aliphatic rings. The Kier molecular flexibility index (Phi) is 6.96. The van der Waals surface area contributed by atoms with Crippen molar-refractivity contribution in [3.63, 3.8) is 0 Å². The smallest absolute Gasteiger partial charge is 0.244 e. The van der Waals surface area contributed by atoms with Crippen LogP contribution in [0, 0.1) is 0 Å². The molecule has 146 valence electrons. The fourth-order valence-electron chi connectivity index (χ4n) is 2.65. The van der Waals surface area contributed by atoms with Crippen molar-refractivity contribution in [3.8, 4) is 0 Å². The van der Waals surface area contributed by atoms with Gasteiger partial charge < -0.3 is 5.32 Å². The van der Waals surface area contributed by atoms with Crippen molar-refractivity contribution in [2.75, 3.05) is 32.7 Å². The number of carbonyl (C=O) groups excluding carboxylic acids is 1. The molecule has 1 aliphatic heterocycles. The molecule has 1 N–H and O–H groups in total. The van der Waals surface area contributed by atoms with Gasteiger partial charge in [0.2, 0.25) is 15.9 Å². The van der Waals surface area contributed by atoms with Gasteiger partial charge in [-0.2, -0.15) is 4.31 Å². The van der Waals surface area contributed by atoms with Crippen LogP contribution in [0.3, 0.4) is 0 Å². The maximum Gasteiger partial charge on any atom is 0.244 e. The Morgan fingerprint density at radius 2 is 1.81 bits per heavy atom. The van der Waals surface area contributed by atoms with Gasteiger partial charge in [-0.3, -0.25) is 9.69 Å². The van der Waals surface area contributed by atoms with Crippen LogP contribution >= 0.6 is 23.2 Å². The van der Waals surface area contributed by atoms with Gasteiger partial charge in [0.25, 0.3) is 0 Å². The highest BCUT2D eigenvalue weighted by atomic mass is 35.5. The first-order chi connectivity index (χ1) is 12.0. The topological polar surface area (TPSA) is 69.7 Å². The Balaban J connectivity index is 1.97. The van der Waals surface area contributed by atoms with Crippen molar-refractivity contribution in [3.05, 3.63) is 28.2 Å². The van der Waals surface area contributed by atoms with E-state index in [-0.39, 0.29) is 27.9 Å². The van der Waals surface area contributed by atoms with Gasteiger partial charge in [-0.1, -0.05) is 30.1 Å². The van der Waals surface area contributed by atoms with Crippen LogP contribution in [0.2, 0.25) is 10.0 Å². The molecule has 0 saturated carbocycles. The van der Waals surface area contributed by atoms with Crippen molar-refractivity contribution in [2.24, 2.45) is 0 Å². The summed E-state index contributed by atoms with van der Waals surface area (Å²) in [6.07, 6.45) is 0.838. The summed E-state index contributed by atoms with van der Waals surface area (Å²) in [6, 6.07) is 4.40. The third-order valence-electron chi connectivity index (χ3n) is 4.57. The zero-order valence-corrected chi connectivity index (χ0v) is 17.6. The molecular formula is C17H25Cl2N3O3S. The number of hydrogen-bond donors (Lipinski definition) is 1. The van der Waals surface area contributed by atoms with E-state index >= 15 is 0 Å².